The highest BCUT2D eigenvalue weighted by atomic mass is 32.2. The van der Waals surface area contributed by atoms with Gasteiger partial charge in [-0.3, -0.25) is 14.4 Å². The van der Waals surface area contributed by atoms with Crippen LogP contribution in [-0.2, 0) is 14.4 Å². The summed E-state index contributed by atoms with van der Waals surface area (Å²) in [6.07, 6.45) is 2.73. The summed E-state index contributed by atoms with van der Waals surface area (Å²) < 4.78 is 5.77. The summed E-state index contributed by atoms with van der Waals surface area (Å²) >= 11 is 1.04. The van der Waals surface area contributed by atoms with Gasteiger partial charge in [-0.2, -0.15) is 5.10 Å². The van der Waals surface area contributed by atoms with E-state index in [0.717, 1.165) is 24.7 Å². The van der Waals surface area contributed by atoms with Gasteiger partial charge in [0.05, 0.1) is 19.2 Å². The van der Waals surface area contributed by atoms with Crippen LogP contribution in [0.4, 0.5) is 0 Å². The van der Waals surface area contributed by atoms with Crippen molar-refractivity contribution in [2.24, 2.45) is 10.2 Å². The highest BCUT2D eigenvalue weighted by Gasteiger charge is 2.32. The lowest BCUT2D eigenvalue weighted by Gasteiger charge is -2.16. The summed E-state index contributed by atoms with van der Waals surface area (Å²) in [6, 6.07) is 7.28. The summed E-state index contributed by atoms with van der Waals surface area (Å²) in [5, 5.41) is 18.8. The van der Waals surface area contributed by atoms with E-state index in [0.29, 0.717) is 30.9 Å². The molecule has 0 spiro atoms. The largest absolute Gasteiger partial charge is 0.491 e. The Morgan fingerprint density at radius 1 is 1.39 bits per heavy atom. The van der Waals surface area contributed by atoms with E-state index in [-0.39, 0.29) is 23.4 Å². The number of amides is 2. The molecular weight excluding hydrogens is 384 g/mol. The lowest BCUT2D eigenvalue weighted by Crippen LogP contribution is -2.29. The number of likely N-dealkylation sites (tertiary alicyclic amines) is 1. The normalized spacial score (nSPS) is 20.9. The standard InChI is InChI=1S/C18H20N4O5S/c23-15-6-3-7-22(15)8-9-27-13-5-2-1-4-12(13)11-19-21-18-20-17(26)14(28-18)10-16(24)25/h1-2,4-5,11,14H,3,6-10H2,(H,24,25)(H,20,21,26). The van der Waals surface area contributed by atoms with Crippen molar-refractivity contribution in [1.29, 1.82) is 0 Å². The molecule has 1 aromatic rings. The maximum atomic E-state index is 11.7. The third-order valence-electron chi connectivity index (χ3n) is 4.19. The van der Waals surface area contributed by atoms with Crippen molar-refractivity contribution >= 4 is 40.9 Å². The number of para-hydroxylation sites is 1. The van der Waals surface area contributed by atoms with Crippen molar-refractivity contribution in [1.82, 2.24) is 10.2 Å². The monoisotopic (exact) mass is 404 g/mol. The van der Waals surface area contributed by atoms with Gasteiger partial charge in [0, 0.05) is 18.5 Å². The second-order valence-corrected chi connectivity index (χ2v) is 7.41. The quantitative estimate of drug-likeness (QED) is 0.494. The number of benzene rings is 1. The molecule has 2 amide bonds. The second kappa shape index (κ2) is 9.36. The lowest BCUT2D eigenvalue weighted by molar-refractivity contribution is -0.138. The number of carboxylic acids is 1. The third kappa shape index (κ3) is 5.32. The summed E-state index contributed by atoms with van der Waals surface area (Å²) in [5.74, 6) is -0.655. The Balaban J connectivity index is 1.56. The van der Waals surface area contributed by atoms with Gasteiger partial charge in [-0.15, -0.1) is 5.10 Å². The van der Waals surface area contributed by atoms with Gasteiger partial charge < -0.3 is 20.1 Å². The molecule has 2 aliphatic heterocycles. The number of nitrogens with one attached hydrogen (secondary N) is 1. The summed E-state index contributed by atoms with van der Waals surface area (Å²) in [7, 11) is 0. The van der Waals surface area contributed by atoms with Crippen molar-refractivity contribution in [2.45, 2.75) is 24.5 Å². The first-order chi connectivity index (χ1) is 13.5. The van der Waals surface area contributed by atoms with Crippen LogP contribution < -0.4 is 10.1 Å². The average molecular weight is 404 g/mol. The Labute approximate surface area is 165 Å². The number of amidine groups is 1. The van der Waals surface area contributed by atoms with Crippen LogP contribution in [-0.4, -0.2) is 64.1 Å². The van der Waals surface area contributed by atoms with Gasteiger partial charge in [0.25, 0.3) is 0 Å². The first-order valence-electron chi connectivity index (χ1n) is 8.83. The van der Waals surface area contributed by atoms with Crippen molar-refractivity contribution in [2.75, 3.05) is 19.7 Å². The minimum atomic E-state index is -1.04. The topological polar surface area (TPSA) is 121 Å². The van der Waals surface area contributed by atoms with E-state index >= 15 is 0 Å². The van der Waals surface area contributed by atoms with E-state index in [4.69, 9.17) is 9.84 Å². The van der Waals surface area contributed by atoms with Gasteiger partial charge in [-0.05, 0) is 18.6 Å². The zero-order chi connectivity index (χ0) is 19.9. The van der Waals surface area contributed by atoms with Gasteiger partial charge in [-0.1, -0.05) is 23.9 Å². The molecule has 2 saturated heterocycles. The van der Waals surface area contributed by atoms with Crippen LogP contribution in [0.2, 0.25) is 0 Å². The number of hydrogen-bond acceptors (Lipinski definition) is 7. The van der Waals surface area contributed by atoms with Gasteiger partial charge in [-0.25, -0.2) is 0 Å². The van der Waals surface area contributed by atoms with E-state index in [1.807, 2.05) is 18.2 Å². The van der Waals surface area contributed by atoms with Crippen molar-refractivity contribution in [3.05, 3.63) is 29.8 Å². The number of rotatable bonds is 8. The number of carbonyl (C=O) groups is 3. The Hall–Kier alpha value is -2.88. The SMILES string of the molecule is O=C(O)CC1SC(=NN=Cc2ccccc2OCCN2CCCC2=O)NC1=O. The molecule has 10 heteroatoms. The summed E-state index contributed by atoms with van der Waals surface area (Å²) in [6.45, 7) is 1.70. The summed E-state index contributed by atoms with van der Waals surface area (Å²) in [5.41, 5.74) is 0.705. The first kappa shape index (κ1) is 19.9. The number of ether oxygens (including phenoxy) is 1. The van der Waals surface area contributed by atoms with Crippen LogP contribution >= 0.6 is 11.8 Å². The maximum Gasteiger partial charge on any atom is 0.305 e. The Morgan fingerprint density at radius 3 is 2.96 bits per heavy atom. The van der Waals surface area contributed by atoms with Gasteiger partial charge in [0.15, 0.2) is 5.17 Å². The van der Waals surface area contributed by atoms with Crippen LogP contribution in [0.1, 0.15) is 24.8 Å². The molecule has 148 valence electrons. The van der Waals surface area contributed by atoms with Crippen LogP contribution in [0.15, 0.2) is 34.5 Å². The smallest absolute Gasteiger partial charge is 0.305 e. The molecule has 1 atom stereocenters. The molecule has 1 aromatic carbocycles. The zero-order valence-electron chi connectivity index (χ0n) is 15.0. The Bertz CT molecular complexity index is 826. The summed E-state index contributed by atoms with van der Waals surface area (Å²) in [4.78, 5) is 35.8. The van der Waals surface area contributed by atoms with E-state index in [9.17, 15) is 14.4 Å². The van der Waals surface area contributed by atoms with Crippen LogP contribution in [0.25, 0.3) is 0 Å². The average Bonchev–Trinajstić information content (AvgIpc) is 3.21. The molecule has 0 aromatic heterocycles. The molecule has 2 aliphatic rings. The fraction of sp³-hybridized carbons (Fsp3) is 0.389. The van der Waals surface area contributed by atoms with Crippen LogP contribution in [0.3, 0.4) is 0 Å². The van der Waals surface area contributed by atoms with Gasteiger partial charge in [0.2, 0.25) is 11.8 Å². The van der Waals surface area contributed by atoms with Crippen LogP contribution in [0, 0.1) is 0 Å². The van der Waals surface area contributed by atoms with Crippen molar-refractivity contribution < 1.29 is 24.2 Å². The molecule has 0 bridgehead atoms. The molecule has 28 heavy (non-hydrogen) atoms. The molecule has 2 heterocycles. The minimum absolute atomic E-state index is 0.159. The third-order valence-corrected chi connectivity index (χ3v) is 5.26. The fourth-order valence-corrected chi connectivity index (χ4v) is 3.73. The predicted octanol–water partition coefficient (Wildman–Crippen LogP) is 1.08. The van der Waals surface area contributed by atoms with Gasteiger partial charge >= 0.3 is 5.97 Å². The molecule has 2 fully saturated rings. The minimum Gasteiger partial charge on any atom is -0.491 e. The fourth-order valence-electron chi connectivity index (χ4n) is 2.81. The van der Waals surface area contributed by atoms with Crippen molar-refractivity contribution in [3.8, 4) is 5.75 Å². The Morgan fingerprint density at radius 2 is 2.21 bits per heavy atom. The lowest BCUT2D eigenvalue weighted by atomic mass is 10.2. The highest BCUT2D eigenvalue weighted by molar-refractivity contribution is 8.15. The Kier molecular flexibility index (Phi) is 6.64. The second-order valence-electron chi connectivity index (χ2n) is 6.21. The molecule has 9 nitrogen and oxygen atoms in total. The number of thioether (sulfide) groups is 1. The number of hydrogen-bond donors (Lipinski definition) is 2. The van der Waals surface area contributed by atoms with Crippen molar-refractivity contribution in [3.63, 3.8) is 0 Å². The molecule has 3 rings (SSSR count). The van der Waals surface area contributed by atoms with E-state index < -0.39 is 11.2 Å². The molecule has 0 aliphatic carbocycles. The molecule has 0 saturated carbocycles. The molecule has 2 N–H and O–H groups in total. The first-order valence-corrected chi connectivity index (χ1v) is 9.71. The van der Waals surface area contributed by atoms with E-state index in [2.05, 4.69) is 15.5 Å². The van der Waals surface area contributed by atoms with E-state index in [1.54, 1.807) is 11.0 Å². The van der Waals surface area contributed by atoms with Crippen LogP contribution in [0.5, 0.6) is 5.75 Å². The number of carbonyl (C=O) groups excluding carboxylic acids is 2. The van der Waals surface area contributed by atoms with E-state index in [1.165, 1.54) is 6.21 Å². The number of nitrogens with zero attached hydrogens (tertiary/aromatic N) is 3. The molecular formula is C18H20N4O5S. The highest BCUT2D eigenvalue weighted by Crippen LogP contribution is 2.22. The van der Waals surface area contributed by atoms with Gasteiger partial charge in [0.1, 0.15) is 17.6 Å². The predicted molar refractivity (Wildman–Crippen MR) is 105 cm³/mol. The number of carboxylic acid groups (broad SMARTS) is 1. The molecule has 1 unspecified atom stereocenters. The maximum absolute atomic E-state index is 11.7. The zero-order valence-corrected chi connectivity index (χ0v) is 15.9. The molecule has 0 radical (unpaired) electrons. The number of aliphatic carboxylic acids is 1.